The molecular formula is C19H17ClF4N2O2. The van der Waals surface area contributed by atoms with Gasteiger partial charge in [0.05, 0.1) is 17.1 Å². The van der Waals surface area contributed by atoms with Crippen LogP contribution in [0.2, 0.25) is 5.02 Å². The van der Waals surface area contributed by atoms with Crippen molar-refractivity contribution in [2.45, 2.75) is 19.0 Å². The fourth-order valence-corrected chi connectivity index (χ4v) is 2.64. The highest BCUT2D eigenvalue weighted by molar-refractivity contribution is 6.31. The van der Waals surface area contributed by atoms with Gasteiger partial charge in [0.25, 0.3) is 0 Å². The molecule has 0 aromatic heterocycles. The van der Waals surface area contributed by atoms with Crippen molar-refractivity contribution in [2.24, 2.45) is 0 Å². The van der Waals surface area contributed by atoms with Crippen molar-refractivity contribution in [3.05, 3.63) is 64.4 Å². The Labute approximate surface area is 164 Å². The standard InChI is InChI=1S/C19H17ClF4N2O2/c1-26(18(28)9-4-12-2-5-13(21)6-3-12)11-17(27)25-14-7-8-16(20)15(10-14)19(22,23)24/h2-3,5-8,10H,4,9,11H2,1H3,(H,25,27). The van der Waals surface area contributed by atoms with Gasteiger partial charge in [-0.15, -0.1) is 0 Å². The van der Waals surface area contributed by atoms with Gasteiger partial charge in [-0.2, -0.15) is 13.2 Å². The van der Waals surface area contributed by atoms with Crippen LogP contribution in [0.4, 0.5) is 23.2 Å². The fourth-order valence-electron chi connectivity index (χ4n) is 2.42. The van der Waals surface area contributed by atoms with Crippen LogP contribution >= 0.6 is 11.6 Å². The van der Waals surface area contributed by atoms with Gasteiger partial charge >= 0.3 is 6.18 Å². The lowest BCUT2D eigenvalue weighted by Crippen LogP contribution is -2.35. The molecule has 0 unspecified atom stereocenters. The summed E-state index contributed by atoms with van der Waals surface area (Å²) in [5.41, 5.74) is -0.363. The van der Waals surface area contributed by atoms with E-state index in [1.54, 1.807) is 12.1 Å². The monoisotopic (exact) mass is 416 g/mol. The van der Waals surface area contributed by atoms with E-state index in [9.17, 15) is 27.2 Å². The molecule has 2 rings (SSSR count). The Morgan fingerprint density at radius 2 is 1.75 bits per heavy atom. The van der Waals surface area contributed by atoms with E-state index in [4.69, 9.17) is 11.6 Å². The number of halogens is 5. The Kier molecular flexibility index (Phi) is 7.01. The van der Waals surface area contributed by atoms with Crippen LogP contribution in [0, 0.1) is 5.82 Å². The van der Waals surface area contributed by atoms with Crippen LogP contribution in [-0.4, -0.2) is 30.3 Å². The minimum atomic E-state index is -4.65. The Bertz CT molecular complexity index is 854. The largest absolute Gasteiger partial charge is 0.417 e. The van der Waals surface area contributed by atoms with Gasteiger partial charge < -0.3 is 10.2 Å². The van der Waals surface area contributed by atoms with Crippen molar-refractivity contribution < 1.29 is 27.2 Å². The van der Waals surface area contributed by atoms with Gasteiger partial charge in [0, 0.05) is 19.2 Å². The topological polar surface area (TPSA) is 49.4 Å². The summed E-state index contributed by atoms with van der Waals surface area (Å²) < 4.78 is 51.4. The molecule has 0 aliphatic heterocycles. The SMILES string of the molecule is CN(CC(=O)Nc1ccc(Cl)c(C(F)(F)F)c1)C(=O)CCc1ccc(F)cc1. The van der Waals surface area contributed by atoms with Crippen molar-refractivity contribution in [3.63, 3.8) is 0 Å². The number of aryl methyl sites for hydroxylation is 1. The Hall–Kier alpha value is -2.61. The second-order valence-electron chi connectivity index (χ2n) is 6.12. The summed E-state index contributed by atoms with van der Waals surface area (Å²) in [4.78, 5) is 25.3. The lowest BCUT2D eigenvalue weighted by atomic mass is 10.1. The first-order valence-corrected chi connectivity index (χ1v) is 8.59. The Morgan fingerprint density at radius 3 is 2.36 bits per heavy atom. The van der Waals surface area contributed by atoms with Crippen molar-refractivity contribution in [3.8, 4) is 0 Å². The maximum absolute atomic E-state index is 12.9. The normalized spacial score (nSPS) is 11.2. The molecule has 2 aromatic carbocycles. The lowest BCUT2D eigenvalue weighted by Gasteiger charge is -2.17. The summed E-state index contributed by atoms with van der Waals surface area (Å²) >= 11 is 5.53. The summed E-state index contributed by atoms with van der Waals surface area (Å²) in [6.07, 6.45) is -4.17. The highest BCUT2D eigenvalue weighted by atomic mass is 35.5. The first-order chi connectivity index (χ1) is 13.1. The first kappa shape index (κ1) is 21.7. The average Bonchev–Trinajstić information content (AvgIpc) is 2.61. The van der Waals surface area contributed by atoms with Crippen molar-refractivity contribution in [1.82, 2.24) is 4.90 Å². The first-order valence-electron chi connectivity index (χ1n) is 8.21. The fraction of sp³-hybridized carbons (Fsp3) is 0.263. The molecule has 0 radical (unpaired) electrons. The number of hydrogen-bond donors (Lipinski definition) is 1. The predicted octanol–water partition coefficient (Wildman–Crippen LogP) is 4.53. The molecule has 0 spiro atoms. The van der Waals surface area contributed by atoms with E-state index in [1.807, 2.05) is 0 Å². The predicted molar refractivity (Wildman–Crippen MR) is 97.4 cm³/mol. The number of benzene rings is 2. The quantitative estimate of drug-likeness (QED) is 0.703. The number of nitrogens with one attached hydrogen (secondary N) is 1. The van der Waals surface area contributed by atoms with Crippen LogP contribution in [0.3, 0.4) is 0 Å². The zero-order valence-electron chi connectivity index (χ0n) is 14.8. The van der Waals surface area contributed by atoms with Crippen LogP contribution in [0.1, 0.15) is 17.5 Å². The summed E-state index contributed by atoms with van der Waals surface area (Å²) in [5, 5.41) is 1.84. The van der Waals surface area contributed by atoms with E-state index < -0.39 is 22.7 Å². The average molecular weight is 417 g/mol. The van der Waals surface area contributed by atoms with Gasteiger partial charge in [-0.25, -0.2) is 4.39 Å². The zero-order chi connectivity index (χ0) is 20.9. The second-order valence-corrected chi connectivity index (χ2v) is 6.52. The van der Waals surface area contributed by atoms with Gasteiger partial charge in [-0.1, -0.05) is 23.7 Å². The second kappa shape index (κ2) is 9.05. The molecule has 0 bridgehead atoms. The number of anilines is 1. The summed E-state index contributed by atoms with van der Waals surface area (Å²) in [6.45, 7) is -0.327. The van der Waals surface area contributed by atoms with Crippen LogP contribution < -0.4 is 5.32 Å². The van der Waals surface area contributed by atoms with E-state index in [0.29, 0.717) is 6.42 Å². The molecule has 0 atom stereocenters. The molecule has 1 N–H and O–H groups in total. The van der Waals surface area contributed by atoms with E-state index in [0.717, 1.165) is 17.7 Å². The third-order valence-electron chi connectivity index (χ3n) is 3.90. The van der Waals surface area contributed by atoms with Gasteiger partial charge in [0.15, 0.2) is 0 Å². The van der Waals surface area contributed by atoms with Crippen molar-refractivity contribution in [2.75, 3.05) is 18.9 Å². The number of amides is 2. The zero-order valence-corrected chi connectivity index (χ0v) is 15.6. The maximum atomic E-state index is 12.9. The van der Waals surface area contributed by atoms with E-state index in [-0.39, 0.29) is 30.4 Å². The molecule has 2 aromatic rings. The smallest absolute Gasteiger partial charge is 0.336 e. The molecule has 150 valence electrons. The molecule has 0 aliphatic rings. The number of carbonyl (C=O) groups is 2. The van der Waals surface area contributed by atoms with Crippen LogP contribution in [0.5, 0.6) is 0 Å². The third-order valence-corrected chi connectivity index (χ3v) is 4.23. The molecule has 0 aliphatic carbocycles. The summed E-state index contributed by atoms with van der Waals surface area (Å²) in [6, 6.07) is 8.72. The van der Waals surface area contributed by atoms with Gasteiger partial charge in [-0.3, -0.25) is 9.59 Å². The molecule has 28 heavy (non-hydrogen) atoms. The number of nitrogens with zero attached hydrogens (tertiary/aromatic N) is 1. The number of carbonyl (C=O) groups excluding carboxylic acids is 2. The molecule has 2 amide bonds. The number of alkyl halides is 3. The van der Waals surface area contributed by atoms with Crippen LogP contribution in [-0.2, 0) is 22.2 Å². The number of hydrogen-bond acceptors (Lipinski definition) is 2. The Balaban J connectivity index is 1.89. The number of likely N-dealkylation sites (N-methyl/N-ethyl adjacent to an activating group) is 1. The van der Waals surface area contributed by atoms with Gasteiger partial charge in [-0.05, 0) is 42.3 Å². The van der Waals surface area contributed by atoms with E-state index in [2.05, 4.69) is 5.32 Å². The molecular weight excluding hydrogens is 400 g/mol. The molecule has 0 heterocycles. The molecule has 0 fully saturated rings. The van der Waals surface area contributed by atoms with E-state index >= 15 is 0 Å². The minimum Gasteiger partial charge on any atom is -0.336 e. The highest BCUT2D eigenvalue weighted by Crippen LogP contribution is 2.36. The third kappa shape index (κ3) is 6.23. The maximum Gasteiger partial charge on any atom is 0.417 e. The molecule has 0 saturated carbocycles. The van der Waals surface area contributed by atoms with Crippen molar-refractivity contribution in [1.29, 1.82) is 0 Å². The van der Waals surface area contributed by atoms with Crippen LogP contribution in [0.15, 0.2) is 42.5 Å². The van der Waals surface area contributed by atoms with Crippen molar-refractivity contribution >= 4 is 29.1 Å². The molecule has 9 heteroatoms. The van der Waals surface area contributed by atoms with Gasteiger partial charge in [0.1, 0.15) is 5.82 Å². The molecule has 4 nitrogen and oxygen atoms in total. The Morgan fingerprint density at radius 1 is 1.11 bits per heavy atom. The summed E-state index contributed by atoms with van der Waals surface area (Å²) in [5.74, 6) is -1.35. The highest BCUT2D eigenvalue weighted by Gasteiger charge is 2.33. The summed E-state index contributed by atoms with van der Waals surface area (Å²) in [7, 11) is 1.41. The van der Waals surface area contributed by atoms with Gasteiger partial charge in [0.2, 0.25) is 11.8 Å². The lowest BCUT2D eigenvalue weighted by molar-refractivity contribution is -0.137. The molecule has 0 saturated heterocycles. The van der Waals surface area contributed by atoms with E-state index in [1.165, 1.54) is 30.1 Å². The van der Waals surface area contributed by atoms with Crippen LogP contribution in [0.25, 0.3) is 0 Å². The number of rotatable bonds is 6. The minimum absolute atomic E-state index is 0.0751.